The minimum absolute atomic E-state index is 0.155. The van der Waals surface area contributed by atoms with Crippen LogP contribution in [0.5, 0.6) is 0 Å². The van der Waals surface area contributed by atoms with Crippen LogP contribution in [-0.2, 0) is 4.79 Å². The van der Waals surface area contributed by atoms with E-state index >= 15 is 0 Å². The number of hydrogen-bond acceptors (Lipinski definition) is 2. The Hall–Kier alpha value is -3.37. The summed E-state index contributed by atoms with van der Waals surface area (Å²) in [6.45, 7) is 1.92. The summed E-state index contributed by atoms with van der Waals surface area (Å²) in [5.41, 5.74) is 2.72. The third kappa shape index (κ3) is 5.80. The fourth-order valence-corrected chi connectivity index (χ4v) is 2.94. The van der Waals surface area contributed by atoms with Crippen LogP contribution in [0.25, 0.3) is 6.08 Å². The van der Waals surface area contributed by atoms with E-state index in [4.69, 9.17) is 11.6 Å². The quantitative estimate of drug-likeness (QED) is 0.534. The lowest BCUT2D eigenvalue weighted by atomic mass is 10.1. The molecule has 29 heavy (non-hydrogen) atoms. The number of rotatable bonds is 6. The maximum atomic E-state index is 12.7. The molecule has 0 spiro atoms. The van der Waals surface area contributed by atoms with Crippen molar-refractivity contribution in [3.8, 4) is 0 Å². The molecule has 5 heteroatoms. The van der Waals surface area contributed by atoms with E-state index in [1.54, 1.807) is 42.5 Å². The molecular formula is C24H21ClN2O2. The van der Waals surface area contributed by atoms with Crippen molar-refractivity contribution >= 4 is 35.2 Å². The van der Waals surface area contributed by atoms with E-state index in [2.05, 4.69) is 10.6 Å². The SMILES string of the molecule is CC(NC(=O)c1ccccc1NC(=O)/C=C/c1ccc(Cl)cc1)c1ccccc1. The van der Waals surface area contributed by atoms with Gasteiger partial charge in [-0.25, -0.2) is 0 Å². The highest BCUT2D eigenvalue weighted by Gasteiger charge is 2.15. The number of halogens is 1. The number of carbonyl (C=O) groups is 2. The van der Waals surface area contributed by atoms with Gasteiger partial charge in [-0.05, 0) is 48.4 Å². The molecule has 3 aromatic carbocycles. The van der Waals surface area contributed by atoms with E-state index in [0.717, 1.165) is 11.1 Å². The van der Waals surface area contributed by atoms with Crippen LogP contribution in [-0.4, -0.2) is 11.8 Å². The molecule has 1 atom stereocenters. The van der Waals surface area contributed by atoms with Crippen molar-refractivity contribution in [3.63, 3.8) is 0 Å². The van der Waals surface area contributed by atoms with Crippen LogP contribution in [0, 0.1) is 0 Å². The van der Waals surface area contributed by atoms with Gasteiger partial charge in [0.2, 0.25) is 5.91 Å². The second-order valence-electron chi connectivity index (χ2n) is 6.53. The smallest absolute Gasteiger partial charge is 0.253 e. The fourth-order valence-electron chi connectivity index (χ4n) is 2.81. The fraction of sp³-hybridized carbons (Fsp3) is 0.0833. The Labute approximate surface area is 175 Å². The summed E-state index contributed by atoms with van der Waals surface area (Å²) >= 11 is 5.86. The molecule has 4 nitrogen and oxygen atoms in total. The molecule has 3 rings (SSSR count). The molecule has 0 bridgehead atoms. The maximum absolute atomic E-state index is 12.7. The molecule has 0 saturated heterocycles. The molecular weight excluding hydrogens is 384 g/mol. The van der Waals surface area contributed by atoms with E-state index in [1.807, 2.05) is 49.4 Å². The maximum Gasteiger partial charge on any atom is 0.253 e. The molecule has 0 fully saturated rings. The summed E-state index contributed by atoms with van der Waals surface area (Å²) < 4.78 is 0. The average molecular weight is 405 g/mol. The lowest BCUT2D eigenvalue weighted by Gasteiger charge is -2.16. The van der Waals surface area contributed by atoms with E-state index in [0.29, 0.717) is 16.3 Å². The number of anilines is 1. The molecule has 0 saturated carbocycles. The first kappa shape index (κ1) is 20.4. The van der Waals surface area contributed by atoms with Crippen LogP contribution in [0.2, 0.25) is 5.02 Å². The van der Waals surface area contributed by atoms with Gasteiger partial charge in [-0.1, -0.05) is 66.2 Å². The molecule has 3 aromatic rings. The van der Waals surface area contributed by atoms with Gasteiger partial charge in [-0.15, -0.1) is 0 Å². The van der Waals surface area contributed by atoms with Gasteiger partial charge in [-0.2, -0.15) is 0 Å². The molecule has 1 unspecified atom stereocenters. The van der Waals surface area contributed by atoms with Crippen molar-refractivity contribution in [1.82, 2.24) is 5.32 Å². The topological polar surface area (TPSA) is 58.2 Å². The van der Waals surface area contributed by atoms with Crippen molar-refractivity contribution in [2.45, 2.75) is 13.0 Å². The zero-order chi connectivity index (χ0) is 20.6. The van der Waals surface area contributed by atoms with Crippen LogP contribution in [0.1, 0.15) is 34.5 Å². The van der Waals surface area contributed by atoms with Crippen molar-refractivity contribution in [3.05, 3.63) is 107 Å². The zero-order valence-electron chi connectivity index (χ0n) is 15.9. The summed E-state index contributed by atoms with van der Waals surface area (Å²) in [5.74, 6) is -0.574. The number of carbonyl (C=O) groups excluding carboxylic acids is 2. The molecule has 0 aliphatic rings. The third-order valence-corrected chi connectivity index (χ3v) is 4.63. The molecule has 2 N–H and O–H groups in total. The first-order chi connectivity index (χ1) is 14.0. The standard InChI is InChI=1S/C24H21ClN2O2/c1-17(19-7-3-2-4-8-19)26-24(29)21-9-5-6-10-22(21)27-23(28)16-13-18-11-14-20(25)15-12-18/h2-17H,1H3,(H,26,29)(H,27,28)/b16-13+. The third-order valence-electron chi connectivity index (χ3n) is 4.37. The van der Waals surface area contributed by atoms with Crippen molar-refractivity contribution in [1.29, 1.82) is 0 Å². The highest BCUT2D eigenvalue weighted by Crippen LogP contribution is 2.18. The largest absolute Gasteiger partial charge is 0.345 e. The average Bonchev–Trinajstić information content (AvgIpc) is 2.74. The van der Waals surface area contributed by atoms with Gasteiger partial charge >= 0.3 is 0 Å². The Morgan fingerprint density at radius 1 is 0.897 bits per heavy atom. The lowest BCUT2D eigenvalue weighted by molar-refractivity contribution is -0.111. The van der Waals surface area contributed by atoms with Gasteiger partial charge < -0.3 is 10.6 Å². The molecule has 0 heterocycles. The highest BCUT2D eigenvalue weighted by molar-refractivity contribution is 6.30. The number of para-hydroxylation sites is 1. The van der Waals surface area contributed by atoms with Crippen LogP contribution < -0.4 is 10.6 Å². The van der Waals surface area contributed by atoms with Crippen LogP contribution in [0.3, 0.4) is 0 Å². The van der Waals surface area contributed by atoms with Crippen molar-refractivity contribution in [2.24, 2.45) is 0 Å². The summed E-state index contributed by atoms with van der Waals surface area (Å²) in [7, 11) is 0. The Bertz CT molecular complexity index is 1010. The van der Waals surface area contributed by atoms with Crippen LogP contribution in [0.15, 0.2) is 84.9 Å². The first-order valence-electron chi connectivity index (χ1n) is 9.22. The Kier molecular flexibility index (Phi) is 6.82. The molecule has 0 aromatic heterocycles. The van der Waals surface area contributed by atoms with Crippen LogP contribution >= 0.6 is 11.6 Å². The number of benzene rings is 3. The summed E-state index contributed by atoms with van der Waals surface area (Å²) in [4.78, 5) is 25.1. The van der Waals surface area contributed by atoms with Gasteiger partial charge in [0, 0.05) is 11.1 Å². The molecule has 146 valence electrons. The van der Waals surface area contributed by atoms with Crippen LogP contribution in [0.4, 0.5) is 5.69 Å². The summed E-state index contributed by atoms with van der Waals surface area (Å²) in [5, 5.41) is 6.38. The minimum Gasteiger partial charge on any atom is -0.345 e. The summed E-state index contributed by atoms with van der Waals surface area (Å²) in [6, 6.07) is 23.6. The number of amides is 2. The second kappa shape index (κ2) is 9.71. The van der Waals surface area contributed by atoms with E-state index in [-0.39, 0.29) is 17.9 Å². The van der Waals surface area contributed by atoms with Gasteiger partial charge in [0.05, 0.1) is 17.3 Å². The van der Waals surface area contributed by atoms with Gasteiger partial charge in [0.25, 0.3) is 5.91 Å². The lowest BCUT2D eigenvalue weighted by Crippen LogP contribution is -2.27. The molecule has 2 amide bonds. The Morgan fingerprint density at radius 2 is 1.55 bits per heavy atom. The van der Waals surface area contributed by atoms with Gasteiger partial charge in [0.15, 0.2) is 0 Å². The number of nitrogens with one attached hydrogen (secondary N) is 2. The zero-order valence-corrected chi connectivity index (χ0v) is 16.7. The van der Waals surface area contributed by atoms with Gasteiger partial charge in [0.1, 0.15) is 0 Å². The highest BCUT2D eigenvalue weighted by atomic mass is 35.5. The van der Waals surface area contributed by atoms with E-state index in [9.17, 15) is 9.59 Å². The van der Waals surface area contributed by atoms with Gasteiger partial charge in [-0.3, -0.25) is 9.59 Å². The first-order valence-corrected chi connectivity index (χ1v) is 9.60. The number of hydrogen-bond donors (Lipinski definition) is 2. The Balaban J connectivity index is 1.68. The summed E-state index contributed by atoms with van der Waals surface area (Å²) in [6.07, 6.45) is 3.11. The van der Waals surface area contributed by atoms with E-state index < -0.39 is 0 Å². The molecule has 0 aliphatic carbocycles. The molecule has 0 radical (unpaired) electrons. The Morgan fingerprint density at radius 3 is 2.28 bits per heavy atom. The van der Waals surface area contributed by atoms with E-state index in [1.165, 1.54) is 6.08 Å². The monoisotopic (exact) mass is 404 g/mol. The molecule has 0 aliphatic heterocycles. The normalized spacial score (nSPS) is 11.8. The van der Waals surface area contributed by atoms with Crippen molar-refractivity contribution < 1.29 is 9.59 Å². The second-order valence-corrected chi connectivity index (χ2v) is 6.96. The predicted molar refractivity (Wildman–Crippen MR) is 118 cm³/mol. The predicted octanol–water partition coefficient (Wildman–Crippen LogP) is 5.48. The minimum atomic E-state index is -0.323. The van der Waals surface area contributed by atoms with Crippen molar-refractivity contribution in [2.75, 3.05) is 5.32 Å².